The van der Waals surface area contributed by atoms with Crippen molar-refractivity contribution in [3.05, 3.63) is 0 Å². The summed E-state index contributed by atoms with van der Waals surface area (Å²) in [5.41, 5.74) is 5.72. The maximum absolute atomic E-state index is 11.6. The molecule has 0 bridgehead atoms. The molecule has 0 aromatic carbocycles. The van der Waals surface area contributed by atoms with E-state index in [1.807, 2.05) is 0 Å². The molecule has 1 rings (SSSR count). The number of rotatable bonds is 7. The summed E-state index contributed by atoms with van der Waals surface area (Å²) in [5, 5.41) is 0. The van der Waals surface area contributed by atoms with Crippen LogP contribution in [0.25, 0.3) is 0 Å². The first-order chi connectivity index (χ1) is 7.75. The molecule has 16 heavy (non-hydrogen) atoms. The predicted molar refractivity (Wildman–Crippen MR) is 62.0 cm³/mol. The lowest BCUT2D eigenvalue weighted by atomic mass is 10.1. The smallest absolute Gasteiger partial charge is 0.312 e. The van der Waals surface area contributed by atoms with Gasteiger partial charge in [-0.25, -0.2) is 0 Å². The molecular weight excluding hydrogens is 206 g/mol. The van der Waals surface area contributed by atoms with Gasteiger partial charge in [0.25, 0.3) is 0 Å². The molecule has 1 aliphatic heterocycles. The lowest BCUT2D eigenvalue weighted by Gasteiger charge is -2.12. The van der Waals surface area contributed by atoms with Crippen molar-refractivity contribution in [3.63, 3.8) is 0 Å². The van der Waals surface area contributed by atoms with Crippen LogP contribution >= 0.6 is 0 Å². The van der Waals surface area contributed by atoms with Crippen molar-refractivity contribution in [1.29, 1.82) is 0 Å². The van der Waals surface area contributed by atoms with E-state index in [2.05, 4.69) is 6.92 Å². The molecule has 2 N–H and O–H groups in total. The monoisotopic (exact) mass is 229 g/mol. The summed E-state index contributed by atoms with van der Waals surface area (Å²) in [5.74, 6) is -0.448. The molecule has 1 fully saturated rings. The van der Waals surface area contributed by atoms with Crippen LogP contribution in [-0.2, 0) is 14.3 Å². The van der Waals surface area contributed by atoms with Gasteiger partial charge in [-0.3, -0.25) is 4.79 Å². The highest BCUT2D eigenvalue weighted by molar-refractivity contribution is 5.73. The Bertz CT molecular complexity index is 208. The highest BCUT2D eigenvalue weighted by Gasteiger charge is 2.32. The van der Waals surface area contributed by atoms with Gasteiger partial charge in [0.15, 0.2) is 0 Å². The fourth-order valence-electron chi connectivity index (χ4n) is 1.80. The van der Waals surface area contributed by atoms with Gasteiger partial charge in [-0.05, 0) is 6.42 Å². The molecule has 0 saturated carbocycles. The van der Waals surface area contributed by atoms with Crippen LogP contribution in [0.3, 0.4) is 0 Å². The van der Waals surface area contributed by atoms with Gasteiger partial charge in [0.2, 0.25) is 0 Å². The van der Waals surface area contributed by atoms with Gasteiger partial charge in [-0.2, -0.15) is 0 Å². The lowest BCUT2D eigenvalue weighted by Crippen LogP contribution is -2.35. The van der Waals surface area contributed by atoms with Gasteiger partial charge in [0.05, 0.1) is 25.7 Å². The minimum Gasteiger partial charge on any atom is -0.465 e. The first kappa shape index (κ1) is 13.5. The molecule has 4 nitrogen and oxygen atoms in total. The summed E-state index contributed by atoms with van der Waals surface area (Å²) < 4.78 is 10.3. The Morgan fingerprint density at radius 2 is 2.06 bits per heavy atom. The van der Waals surface area contributed by atoms with Crippen molar-refractivity contribution < 1.29 is 14.3 Å². The van der Waals surface area contributed by atoms with E-state index in [-0.39, 0.29) is 17.9 Å². The van der Waals surface area contributed by atoms with Crippen molar-refractivity contribution in [1.82, 2.24) is 0 Å². The van der Waals surface area contributed by atoms with Crippen molar-refractivity contribution in [3.8, 4) is 0 Å². The summed E-state index contributed by atoms with van der Waals surface area (Å²) in [6, 6.07) is -0.187. The number of ether oxygens (including phenoxy) is 2. The quantitative estimate of drug-likeness (QED) is 0.530. The van der Waals surface area contributed by atoms with E-state index in [0.717, 1.165) is 12.8 Å². The Kier molecular flexibility index (Phi) is 6.42. The average molecular weight is 229 g/mol. The molecule has 0 radical (unpaired) electrons. The van der Waals surface area contributed by atoms with E-state index in [1.54, 1.807) is 0 Å². The number of esters is 1. The highest BCUT2D eigenvalue weighted by atomic mass is 16.5. The first-order valence-corrected chi connectivity index (χ1v) is 6.25. The second kappa shape index (κ2) is 7.63. The number of nitrogens with two attached hydrogens (primary N) is 1. The zero-order valence-corrected chi connectivity index (χ0v) is 10.1. The summed E-state index contributed by atoms with van der Waals surface area (Å²) >= 11 is 0. The van der Waals surface area contributed by atoms with E-state index < -0.39 is 0 Å². The molecule has 2 unspecified atom stereocenters. The molecule has 1 saturated heterocycles. The number of carbonyl (C=O) groups excluding carboxylic acids is 1. The van der Waals surface area contributed by atoms with Crippen LogP contribution in [0.1, 0.15) is 39.0 Å². The van der Waals surface area contributed by atoms with Crippen LogP contribution in [0.2, 0.25) is 0 Å². The van der Waals surface area contributed by atoms with Crippen LogP contribution in [-0.4, -0.2) is 31.8 Å². The number of carbonyl (C=O) groups is 1. The van der Waals surface area contributed by atoms with Gasteiger partial charge in [0, 0.05) is 6.04 Å². The third-order valence-corrected chi connectivity index (χ3v) is 2.92. The van der Waals surface area contributed by atoms with Crippen LogP contribution in [0, 0.1) is 5.92 Å². The van der Waals surface area contributed by atoms with Gasteiger partial charge in [0.1, 0.15) is 0 Å². The molecule has 0 aromatic heterocycles. The molecule has 0 aromatic rings. The minimum absolute atomic E-state index is 0.187. The standard InChI is InChI=1S/C12H23NO3/c1-2-3-4-5-6-7-16-12(14)10-8-15-9-11(10)13/h10-11H,2-9,13H2,1H3. The zero-order chi connectivity index (χ0) is 11.8. The average Bonchev–Trinajstić information content (AvgIpc) is 2.69. The summed E-state index contributed by atoms with van der Waals surface area (Å²) in [7, 11) is 0. The zero-order valence-electron chi connectivity index (χ0n) is 10.1. The van der Waals surface area contributed by atoms with Gasteiger partial charge < -0.3 is 15.2 Å². The minimum atomic E-state index is -0.254. The normalized spacial score (nSPS) is 24.6. The first-order valence-electron chi connectivity index (χ1n) is 6.25. The number of hydrogen-bond donors (Lipinski definition) is 1. The Morgan fingerprint density at radius 1 is 1.31 bits per heavy atom. The Morgan fingerprint density at radius 3 is 2.69 bits per heavy atom. The van der Waals surface area contributed by atoms with Crippen LogP contribution < -0.4 is 5.73 Å². The largest absolute Gasteiger partial charge is 0.465 e. The molecule has 0 aliphatic carbocycles. The van der Waals surface area contributed by atoms with Gasteiger partial charge in [-0.15, -0.1) is 0 Å². The Labute approximate surface area is 97.5 Å². The maximum atomic E-state index is 11.6. The fourth-order valence-corrected chi connectivity index (χ4v) is 1.80. The Hall–Kier alpha value is -0.610. The van der Waals surface area contributed by atoms with Gasteiger partial charge in [-0.1, -0.05) is 32.6 Å². The molecule has 94 valence electrons. The van der Waals surface area contributed by atoms with Crippen molar-refractivity contribution in [2.45, 2.75) is 45.1 Å². The molecule has 4 heteroatoms. The number of unbranched alkanes of at least 4 members (excludes halogenated alkanes) is 4. The molecule has 2 atom stereocenters. The van der Waals surface area contributed by atoms with Crippen molar-refractivity contribution in [2.24, 2.45) is 11.7 Å². The fraction of sp³-hybridized carbons (Fsp3) is 0.917. The molecule has 0 spiro atoms. The van der Waals surface area contributed by atoms with Crippen LogP contribution in [0.15, 0.2) is 0 Å². The highest BCUT2D eigenvalue weighted by Crippen LogP contribution is 2.13. The SMILES string of the molecule is CCCCCCCOC(=O)C1COCC1N. The van der Waals surface area contributed by atoms with Crippen molar-refractivity contribution in [2.75, 3.05) is 19.8 Å². The van der Waals surface area contributed by atoms with Gasteiger partial charge >= 0.3 is 5.97 Å². The summed E-state index contributed by atoms with van der Waals surface area (Å²) in [6.07, 6.45) is 5.80. The second-order valence-electron chi connectivity index (χ2n) is 4.39. The van der Waals surface area contributed by atoms with E-state index in [4.69, 9.17) is 15.2 Å². The maximum Gasteiger partial charge on any atom is 0.312 e. The summed E-state index contributed by atoms with van der Waals surface area (Å²) in [6.45, 7) is 3.58. The molecule has 1 heterocycles. The summed E-state index contributed by atoms with van der Waals surface area (Å²) in [4.78, 5) is 11.6. The van der Waals surface area contributed by atoms with E-state index in [1.165, 1.54) is 19.3 Å². The predicted octanol–water partition coefficient (Wildman–Crippen LogP) is 1.47. The molecular formula is C12H23NO3. The third-order valence-electron chi connectivity index (χ3n) is 2.92. The Balaban J connectivity index is 2.02. The third kappa shape index (κ3) is 4.49. The van der Waals surface area contributed by atoms with Crippen LogP contribution in [0.4, 0.5) is 0 Å². The van der Waals surface area contributed by atoms with E-state index >= 15 is 0 Å². The van der Waals surface area contributed by atoms with E-state index in [9.17, 15) is 4.79 Å². The van der Waals surface area contributed by atoms with Crippen molar-refractivity contribution >= 4 is 5.97 Å². The topological polar surface area (TPSA) is 61.5 Å². The van der Waals surface area contributed by atoms with E-state index in [0.29, 0.717) is 19.8 Å². The molecule has 0 amide bonds. The number of hydrogen-bond acceptors (Lipinski definition) is 4. The molecule has 1 aliphatic rings. The second-order valence-corrected chi connectivity index (χ2v) is 4.39. The lowest BCUT2D eigenvalue weighted by molar-refractivity contribution is -0.148. The van der Waals surface area contributed by atoms with Crippen LogP contribution in [0.5, 0.6) is 0 Å².